The molecule has 0 aromatic heterocycles. The van der Waals surface area contributed by atoms with Gasteiger partial charge in [-0.05, 0) is 25.7 Å². The largest absolute Gasteiger partial charge is 0.393 e. The zero-order valence-electron chi connectivity index (χ0n) is 15.3. The topological polar surface area (TPSA) is 80.9 Å². The lowest BCUT2D eigenvalue weighted by Crippen LogP contribution is -2.57. The smallest absolute Gasteiger partial charge is 0.126 e. The lowest BCUT2D eigenvalue weighted by atomic mass is 10.1. The maximum atomic E-state index is 9.97. The highest BCUT2D eigenvalue weighted by molar-refractivity contribution is 4.60. The van der Waals surface area contributed by atoms with Gasteiger partial charge < -0.3 is 24.9 Å². The summed E-state index contributed by atoms with van der Waals surface area (Å²) in [7, 11) is 0. The van der Waals surface area contributed by atoms with E-state index in [0.717, 1.165) is 38.8 Å². The van der Waals surface area contributed by atoms with E-state index in [1.54, 1.807) is 0 Å². The molecular formula is C18H40NO4+. The summed E-state index contributed by atoms with van der Waals surface area (Å²) in [4.78, 5) is 0. The Morgan fingerprint density at radius 1 is 0.652 bits per heavy atom. The molecule has 0 heterocycles. The molecule has 0 rings (SSSR count). The predicted octanol–water partition coefficient (Wildman–Crippen LogP) is 1.67. The van der Waals surface area contributed by atoms with Crippen molar-refractivity contribution in [1.82, 2.24) is 0 Å². The molecule has 0 aliphatic heterocycles. The Kier molecular flexibility index (Phi) is 14.0. The maximum Gasteiger partial charge on any atom is 0.126 e. The first kappa shape index (κ1) is 22.8. The van der Waals surface area contributed by atoms with Gasteiger partial charge in [-0.3, -0.25) is 0 Å². The van der Waals surface area contributed by atoms with Crippen LogP contribution < -0.4 is 0 Å². The molecule has 0 aromatic rings. The van der Waals surface area contributed by atoms with E-state index in [4.69, 9.17) is 0 Å². The van der Waals surface area contributed by atoms with Gasteiger partial charge in [0.05, 0.1) is 26.3 Å². The van der Waals surface area contributed by atoms with E-state index in [-0.39, 0.29) is 13.2 Å². The van der Waals surface area contributed by atoms with Gasteiger partial charge in [0.15, 0.2) is 0 Å². The van der Waals surface area contributed by atoms with Gasteiger partial charge in [-0.25, -0.2) is 0 Å². The number of quaternary nitrogens is 1. The number of aliphatic hydroxyl groups is 4. The molecule has 5 heteroatoms. The summed E-state index contributed by atoms with van der Waals surface area (Å²) in [6.45, 7) is 6.53. The Hall–Kier alpha value is -0.200. The van der Waals surface area contributed by atoms with Crippen LogP contribution in [0, 0.1) is 0 Å². The Balaban J connectivity index is 4.84. The van der Waals surface area contributed by atoms with Gasteiger partial charge in [0.1, 0.15) is 25.3 Å². The molecule has 0 aromatic carbocycles. The molecule has 23 heavy (non-hydrogen) atoms. The second-order valence-corrected chi connectivity index (χ2v) is 6.95. The number of hydrogen-bond acceptors (Lipinski definition) is 4. The van der Waals surface area contributed by atoms with E-state index >= 15 is 0 Å². The number of aliphatic hydroxyl groups excluding tert-OH is 4. The summed E-state index contributed by atoms with van der Waals surface area (Å²) < 4.78 is 0.594. The molecule has 0 spiro atoms. The average Bonchev–Trinajstić information content (AvgIpc) is 2.55. The van der Waals surface area contributed by atoms with E-state index in [0.29, 0.717) is 17.6 Å². The molecule has 0 saturated carbocycles. The van der Waals surface area contributed by atoms with E-state index in [9.17, 15) is 20.4 Å². The summed E-state index contributed by atoms with van der Waals surface area (Å²) >= 11 is 0. The van der Waals surface area contributed by atoms with Crippen molar-refractivity contribution in [3.8, 4) is 0 Å². The van der Waals surface area contributed by atoms with Gasteiger partial charge in [-0.15, -0.1) is 0 Å². The fourth-order valence-corrected chi connectivity index (χ4v) is 3.31. The van der Waals surface area contributed by atoms with E-state index in [2.05, 4.69) is 13.8 Å². The Morgan fingerprint density at radius 3 is 1.35 bits per heavy atom. The van der Waals surface area contributed by atoms with Crippen LogP contribution in [0.4, 0.5) is 0 Å². The quantitative estimate of drug-likeness (QED) is 0.256. The molecule has 0 saturated heterocycles. The molecule has 140 valence electrons. The Bertz CT molecular complexity index is 237. The minimum Gasteiger partial charge on any atom is -0.393 e. The van der Waals surface area contributed by atoms with E-state index in [1.807, 2.05) is 0 Å². The van der Waals surface area contributed by atoms with Crippen LogP contribution >= 0.6 is 0 Å². The fraction of sp³-hybridized carbons (Fsp3) is 1.00. The first-order valence-electron chi connectivity index (χ1n) is 9.46. The summed E-state index contributed by atoms with van der Waals surface area (Å²) in [6, 6.07) is 0. The number of rotatable bonds is 16. The van der Waals surface area contributed by atoms with Crippen molar-refractivity contribution in [1.29, 1.82) is 0 Å². The van der Waals surface area contributed by atoms with Crippen LogP contribution in [0.2, 0.25) is 0 Å². The molecule has 2 unspecified atom stereocenters. The monoisotopic (exact) mass is 334 g/mol. The van der Waals surface area contributed by atoms with Gasteiger partial charge in [0, 0.05) is 0 Å². The van der Waals surface area contributed by atoms with Crippen LogP contribution in [0.5, 0.6) is 0 Å². The van der Waals surface area contributed by atoms with Crippen LogP contribution in [0.15, 0.2) is 0 Å². The molecular weight excluding hydrogens is 294 g/mol. The van der Waals surface area contributed by atoms with Gasteiger partial charge in [0.2, 0.25) is 0 Å². The van der Waals surface area contributed by atoms with E-state index < -0.39 is 12.2 Å². The van der Waals surface area contributed by atoms with Crippen LogP contribution in [0.3, 0.4) is 0 Å². The highest BCUT2D eigenvalue weighted by Gasteiger charge is 2.32. The predicted molar refractivity (Wildman–Crippen MR) is 94.2 cm³/mol. The first-order valence-corrected chi connectivity index (χ1v) is 9.46. The molecule has 0 aliphatic carbocycles. The SMILES string of the molecule is CCCCCC[N+](CCCCCC)(CC(O)CO)CC(O)CO. The van der Waals surface area contributed by atoms with Crippen molar-refractivity contribution in [3.63, 3.8) is 0 Å². The molecule has 0 bridgehead atoms. The van der Waals surface area contributed by atoms with Gasteiger partial charge in [-0.2, -0.15) is 0 Å². The third kappa shape index (κ3) is 11.1. The van der Waals surface area contributed by atoms with Crippen molar-refractivity contribution in [3.05, 3.63) is 0 Å². The standard InChI is InChI=1S/C18H40NO4/c1-3-5-7-9-11-19(13-17(22)15-20,14-18(23)16-21)12-10-8-6-4-2/h17-18,20-23H,3-16H2,1-2H3/q+1. The zero-order valence-corrected chi connectivity index (χ0v) is 15.3. The fourth-order valence-electron chi connectivity index (χ4n) is 3.31. The van der Waals surface area contributed by atoms with Crippen molar-refractivity contribution in [2.24, 2.45) is 0 Å². The third-order valence-electron chi connectivity index (χ3n) is 4.59. The number of nitrogens with zero attached hydrogens (tertiary/aromatic N) is 1. The average molecular weight is 335 g/mol. The number of hydrogen-bond donors (Lipinski definition) is 4. The van der Waals surface area contributed by atoms with Crippen molar-refractivity contribution < 1.29 is 24.9 Å². The van der Waals surface area contributed by atoms with Crippen molar-refractivity contribution in [2.45, 2.75) is 77.4 Å². The molecule has 5 nitrogen and oxygen atoms in total. The minimum absolute atomic E-state index is 0.251. The Morgan fingerprint density at radius 2 is 1.04 bits per heavy atom. The summed E-state index contributed by atoms with van der Waals surface area (Å²) in [5, 5.41) is 38.4. The van der Waals surface area contributed by atoms with Crippen LogP contribution in [-0.4, -0.2) is 76.5 Å². The lowest BCUT2D eigenvalue weighted by molar-refractivity contribution is -0.934. The highest BCUT2D eigenvalue weighted by Crippen LogP contribution is 2.17. The van der Waals surface area contributed by atoms with Crippen molar-refractivity contribution in [2.75, 3.05) is 39.4 Å². The van der Waals surface area contributed by atoms with Gasteiger partial charge in [-0.1, -0.05) is 39.5 Å². The normalized spacial score (nSPS) is 14.9. The second-order valence-electron chi connectivity index (χ2n) is 6.95. The Labute approximate surface area is 142 Å². The molecule has 4 N–H and O–H groups in total. The summed E-state index contributed by atoms with van der Waals surface area (Å²) in [5.41, 5.74) is 0. The first-order chi connectivity index (χ1) is 11.0. The van der Waals surface area contributed by atoms with E-state index in [1.165, 1.54) is 25.7 Å². The van der Waals surface area contributed by atoms with Gasteiger partial charge >= 0.3 is 0 Å². The molecule has 2 atom stereocenters. The van der Waals surface area contributed by atoms with Crippen LogP contribution in [0.1, 0.15) is 65.2 Å². The van der Waals surface area contributed by atoms with Gasteiger partial charge in [0.25, 0.3) is 0 Å². The molecule has 0 radical (unpaired) electrons. The maximum absolute atomic E-state index is 9.97. The highest BCUT2D eigenvalue weighted by atomic mass is 16.3. The van der Waals surface area contributed by atoms with Crippen molar-refractivity contribution >= 4 is 0 Å². The molecule has 0 amide bonds. The molecule has 0 fully saturated rings. The van der Waals surface area contributed by atoms with Crippen LogP contribution in [0.25, 0.3) is 0 Å². The lowest BCUT2D eigenvalue weighted by Gasteiger charge is -2.41. The zero-order chi connectivity index (χ0) is 17.6. The minimum atomic E-state index is -0.766. The summed E-state index contributed by atoms with van der Waals surface area (Å²) in [6.07, 6.45) is 7.62. The van der Waals surface area contributed by atoms with Crippen LogP contribution in [-0.2, 0) is 0 Å². The second kappa shape index (κ2) is 14.2. The number of unbranched alkanes of at least 4 members (excludes halogenated alkanes) is 6. The molecule has 0 aliphatic rings. The summed E-state index contributed by atoms with van der Waals surface area (Å²) in [5.74, 6) is 0. The third-order valence-corrected chi connectivity index (χ3v) is 4.59.